The molecule has 154 valence electrons. The second-order valence-corrected chi connectivity index (χ2v) is 7.18. The van der Waals surface area contributed by atoms with Crippen molar-refractivity contribution in [3.8, 4) is 11.3 Å². The predicted octanol–water partition coefficient (Wildman–Crippen LogP) is 2.58. The number of likely N-dealkylation sites (tertiary alicyclic amines) is 1. The molecule has 4 N–H and O–H groups in total. The Morgan fingerprint density at radius 1 is 1.07 bits per heavy atom. The molecule has 9 heteroatoms. The summed E-state index contributed by atoms with van der Waals surface area (Å²) in [4.78, 5) is 29.8. The highest BCUT2D eigenvalue weighted by atomic mass is 16.7. The number of carbonyl (C=O) groups excluding carboxylic acids is 1. The number of amidine groups is 1. The molecular formula is C21H21N5O4. The van der Waals surface area contributed by atoms with E-state index in [-0.39, 0.29) is 17.8 Å². The van der Waals surface area contributed by atoms with Crippen molar-refractivity contribution >= 4 is 23.5 Å². The number of rotatable bonds is 4. The Hall–Kier alpha value is -3.88. The molecule has 1 saturated heterocycles. The van der Waals surface area contributed by atoms with Crippen LogP contribution in [0, 0.1) is 5.41 Å². The molecule has 0 atom stereocenters. The van der Waals surface area contributed by atoms with Gasteiger partial charge in [-0.2, -0.15) is 0 Å². The SMILES string of the molecule is N=C(N)c1ccc(-c2cn3cc(C(=O)N4CCC(OC(=O)O)CC4)ccc3n2)cc1. The lowest BCUT2D eigenvalue weighted by atomic mass is 10.1. The number of carbonyl (C=O) groups is 2. The van der Waals surface area contributed by atoms with Crippen LogP contribution in [0.15, 0.2) is 48.8 Å². The minimum Gasteiger partial charge on any atom is -0.450 e. The number of nitrogens with two attached hydrogens (primary N) is 1. The molecule has 0 bridgehead atoms. The van der Waals surface area contributed by atoms with Crippen molar-refractivity contribution in [3.63, 3.8) is 0 Å². The second-order valence-electron chi connectivity index (χ2n) is 7.18. The number of nitrogen functional groups attached to an aromatic ring is 1. The highest BCUT2D eigenvalue weighted by Gasteiger charge is 2.26. The summed E-state index contributed by atoms with van der Waals surface area (Å²) in [5.41, 5.74) is 9.03. The van der Waals surface area contributed by atoms with Crippen molar-refractivity contribution in [1.82, 2.24) is 14.3 Å². The van der Waals surface area contributed by atoms with Gasteiger partial charge in [-0.3, -0.25) is 10.2 Å². The van der Waals surface area contributed by atoms with E-state index in [4.69, 9.17) is 21.0 Å². The molecule has 0 unspecified atom stereocenters. The van der Waals surface area contributed by atoms with Gasteiger partial charge in [-0.15, -0.1) is 0 Å². The molecule has 9 nitrogen and oxygen atoms in total. The van der Waals surface area contributed by atoms with Crippen LogP contribution >= 0.6 is 0 Å². The standard InChI is InChI=1S/C21H21N5O4/c22-19(23)14-3-1-13(2-4-14)17-12-26-11-15(5-6-18(26)24-17)20(27)25-9-7-16(8-10-25)30-21(28)29/h1-6,11-12,16H,7-10H2,(H3,22,23)(H,28,29). The minimum atomic E-state index is -1.28. The molecule has 1 fully saturated rings. The molecule has 30 heavy (non-hydrogen) atoms. The number of hydrogen-bond acceptors (Lipinski definition) is 5. The lowest BCUT2D eigenvalue weighted by molar-refractivity contribution is 0.0199. The average molecular weight is 407 g/mol. The molecule has 0 saturated carbocycles. The van der Waals surface area contributed by atoms with Crippen LogP contribution in [0.4, 0.5) is 4.79 Å². The maximum Gasteiger partial charge on any atom is 0.506 e. The Kier molecular flexibility index (Phi) is 5.09. The number of benzene rings is 1. The third-order valence-electron chi connectivity index (χ3n) is 5.19. The monoisotopic (exact) mass is 407 g/mol. The van der Waals surface area contributed by atoms with Crippen LogP contribution in [0.1, 0.15) is 28.8 Å². The zero-order valence-corrected chi connectivity index (χ0v) is 16.1. The van der Waals surface area contributed by atoms with E-state index in [0.29, 0.717) is 42.7 Å². The summed E-state index contributed by atoms with van der Waals surface area (Å²) in [6.07, 6.45) is 2.94. The van der Waals surface area contributed by atoms with Gasteiger partial charge >= 0.3 is 6.16 Å². The van der Waals surface area contributed by atoms with Gasteiger partial charge in [0.25, 0.3) is 5.91 Å². The van der Waals surface area contributed by atoms with Crippen LogP contribution < -0.4 is 5.73 Å². The highest BCUT2D eigenvalue weighted by Crippen LogP contribution is 2.21. The van der Waals surface area contributed by atoms with Crippen molar-refractivity contribution in [2.75, 3.05) is 13.1 Å². The smallest absolute Gasteiger partial charge is 0.450 e. The zero-order valence-electron chi connectivity index (χ0n) is 16.1. The Morgan fingerprint density at radius 2 is 1.73 bits per heavy atom. The van der Waals surface area contributed by atoms with Crippen LogP contribution in [0.25, 0.3) is 16.9 Å². The van der Waals surface area contributed by atoms with Gasteiger partial charge in [0, 0.05) is 49.5 Å². The second kappa shape index (κ2) is 7.86. The molecule has 1 aliphatic heterocycles. The average Bonchev–Trinajstić information content (AvgIpc) is 3.17. The molecule has 1 aliphatic rings. The van der Waals surface area contributed by atoms with E-state index >= 15 is 0 Å². The first kappa shape index (κ1) is 19.4. The van der Waals surface area contributed by atoms with Gasteiger partial charge in [0.2, 0.25) is 0 Å². The summed E-state index contributed by atoms with van der Waals surface area (Å²) >= 11 is 0. The summed E-state index contributed by atoms with van der Waals surface area (Å²) < 4.78 is 6.60. The maximum atomic E-state index is 12.9. The Balaban J connectivity index is 1.50. The maximum absolute atomic E-state index is 12.9. The van der Waals surface area contributed by atoms with E-state index < -0.39 is 6.16 Å². The molecular weight excluding hydrogens is 386 g/mol. The first-order chi connectivity index (χ1) is 14.4. The zero-order chi connectivity index (χ0) is 21.3. The Labute approximate surface area is 172 Å². The number of carboxylic acid groups (broad SMARTS) is 1. The van der Waals surface area contributed by atoms with E-state index in [9.17, 15) is 9.59 Å². The van der Waals surface area contributed by atoms with E-state index in [1.807, 2.05) is 22.7 Å². The van der Waals surface area contributed by atoms with Gasteiger partial charge in [-0.05, 0) is 12.1 Å². The van der Waals surface area contributed by atoms with Gasteiger partial charge < -0.3 is 24.9 Å². The minimum absolute atomic E-state index is 0.0123. The number of amides is 1. The third-order valence-corrected chi connectivity index (χ3v) is 5.19. The van der Waals surface area contributed by atoms with Gasteiger partial charge in [0.1, 0.15) is 17.6 Å². The lowest BCUT2D eigenvalue weighted by Gasteiger charge is -2.31. The molecule has 3 aromatic rings. The van der Waals surface area contributed by atoms with Gasteiger partial charge in [0.15, 0.2) is 0 Å². The van der Waals surface area contributed by atoms with Crippen molar-refractivity contribution in [2.45, 2.75) is 18.9 Å². The van der Waals surface area contributed by atoms with Gasteiger partial charge in [0.05, 0.1) is 11.3 Å². The van der Waals surface area contributed by atoms with Crippen LogP contribution in [-0.4, -0.2) is 56.5 Å². The van der Waals surface area contributed by atoms with Crippen LogP contribution in [0.5, 0.6) is 0 Å². The first-order valence-corrected chi connectivity index (χ1v) is 9.53. The number of hydrogen-bond donors (Lipinski definition) is 3. The van der Waals surface area contributed by atoms with Gasteiger partial charge in [-0.25, -0.2) is 9.78 Å². The lowest BCUT2D eigenvalue weighted by Crippen LogP contribution is -2.41. The first-order valence-electron chi connectivity index (χ1n) is 9.53. The number of pyridine rings is 1. The summed E-state index contributed by atoms with van der Waals surface area (Å²) in [5.74, 6) is -0.0926. The molecule has 2 aromatic heterocycles. The van der Waals surface area contributed by atoms with Crippen molar-refractivity contribution in [1.29, 1.82) is 5.41 Å². The van der Waals surface area contributed by atoms with E-state index in [2.05, 4.69) is 4.98 Å². The molecule has 0 spiro atoms. The number of piperidine rings is 1. The topological polar surface area (TPSA) is 134 Å². The normalized spacial score (nSPS) is 14.6. The number of ether oxygens (including phenoxy) is 1. The Bertz CT molecular complexity index is 1110. The summed E-state index contributed by atoms with van der Waals surface area (Å²) in [6.45, 7) is 0.902. The quantitative estimate of drug-likeness (QED) is 0.346. The van der Waals surface area contributed by atoms with Crippen molar-refractivity contribution in [2.24, 2.45) is 5.73 Å². The fraction of sp³-hybridized carbons (Fsp3) is 0.238. The molecule has 0 aliphatic carbocycles. The highest BCUT2D eigenvalue weighted by molar-refractivity contribution is 5.95. The van der Waals surface area contributed by atoms with Crippen LogP contribution in [-0.2, 0) is 4.74 Å². The fourth-order valence-corrected chi connectivity index (χ4v) is 3.58. The van der Waals surface area contributed by atoms with Crippen LogP contribution in [0.2, 0.25) is 0 Å². The number of nitrogens with zero attached hydrogens (tertiary/aromatic N) is 3. The number of nitrogens with one attached hydrogen (secondary N) is 1. The molecule has 1 amide bonds. The van der Waals surface area contributed by atoms with E-state index in [0.717, 1.165) is 11.3 Å². The summed E-state index contributed by atoms with van der Waals surface area (Å²) in [6, 6.07) is 10.8. The third kappa shape index (κ3) is 3.95. The Morgan fingerprint density at radius 3 is 2.37 bits per heavy atom. The number of aromatic nitrogens is 2. The van der Waals surface area contributed by atoms with E-state index in [1.165, 1.54) is 0 Å². The van der Waals surface area contributed by atoms with Gasteiger partial charge in [-0.1, -0.05) is 24.3 Å². The molecule has 3 heterocycles. The van der Waals surface area contributed by atoms with Crippen molar-refractivity contribution < 1.29 is 19.4 Å². The van der Waals surface area contributed by atoms with Crippen LogP contribution in [0.3, 0.4) is 0 Å². The number of fused-ring (bicyclic) bond motifs is 1. The molecule has 4 rings (SSSR count). The van der Waals surface area contributed by atoms with E-state index in [1.54, 1.807) is 35.4 Å². The predicted molar refractivity (Wildman–Crippen MR) is 110 cm³/mol. The fourth-order valence-electron chi connectivity index (χ4n) is 3.58. The van der Waals surface area contributed by atoms with Crippen molar-refractivity contribution in [3.05, 3.63) is 59.9 Å². The molecule has 1 aromatic carbocycles. The molecule has 0 radical (unpaired) electrons. The summed E-state index contributed by atoms with van der Waals surface area (Å²) in [5, 5.41) is 16.2. The summed E-state index contributed by atoms with van der Waals surface area (Å²) in [7, 11) is 0. The largest absolute Gasteiger partial charge is 0.506 e. The number of imidazole rings is 1.